The largest absolute Gasteiger partial charge is 0.353 e. The van der Waals surface area contributed by atoms with E-state index in [-0.39, 0.29) is 17.3 Å². The van der Waals surface area contributed by atoms with Crippen LogP contribution in [-0.2, 0) is 0 Å². The molecule has 0 radical (unpaired) electrons. The molecule has 3 aromatic rings. The van der Waals surface area contributed by atoms with Gasteiger partial charge >= 0.3 is 5.69 Å². The molecule has 7 heteroatoms. The van der Waals surface area contributed by atoms with Crippen LogP contribution < -0.4 is 10.6 Å². The molecule has 26 heavy (non-hydrogen) atoms. The van der Waals surface area contributed by atoms with E-state index in [1.807, 2.05) is 63.2 Å². The zero-order valence-corrected chi connectivity index (χ0v) is 14.8. The summed E-state index contributed by atoms with van der Waals surface area (Å²) in [5.41, 5.74) is 4.44. The van der Waals surface area contributed by atoms with E-state index in [1.165, 1.54) is 6.33 Å². The average molecular weight is 349 g/mol. The van der Waals surface area contributed by atoms with E-state index in [1.54, 1.807) is 0 Å². The van der Waals surface area contributed by atoms with Gasteiger partial charge in [-0.2, -0.15) is 0 Å². The molecule has 132 valence electrons. The molecule has 0 unspecified atom stereocenters. The van der Waals surface area contributed by atoms with Crippen LogP contribution >= 0.6 is 0 Å². The summed E-state index contributed by atoms with van der Waals surface area (Å²) in [7, 11) is 0. The van der Waals surface area contributed by atoms with Crippen LogP contribution in [0.1, 0.15) is 16.7 Å². The van der Waals surface area contributed by atoms with Crippen LogP contribution in [0.15, 0.2) is 48.8 Å². The molecule has 0 aliphatic rings. The topological polar surface area (TPSA) is 93.0 Å². The summed E-state index contributed by atoms with van der Waals surface area (Å²) in [6.45, 7) is 5.89. The van der Waals surface area contributed by atoms with Crippen molar-refractivity contribution in [1.82, 2.24) is 9.97 Å². The van der Waals surface area contributed by atoms with Crippen molar-refractivity contribution >= 4 is 28.7 Å². The molecule has 0 aliphatic carbocycles. The van der Waals surface area contributed by atoms with Crippen LogP contribution in [0.3, 0.4) is 0 Å². The second-order valence-corrected chi connectivity index (χ2v) is 6.04. The SMILES string of the molecule is Cc1cccc(Nc2ncnc(Nc3cccc(C)c3C)c2[N+](=O)[O-])c1. The fourth-order valence-electron chi connectivity index (χ4n) is 2.61. The van der Waals surface area contributed by atoms with Crippen LogP contribution in [0, 0.1) is 30.9 Å². The zero-order chi connectivity index (χ0) is 18.7. The Morgan fingerprint density at radius 1 is 0.962 bits per heavy atom. The van der Waals surface area contributed by atoms with E-state index >= 15 is 0 Å². The first-order valence-electron chi connectivity index (χ1n) is 8.12. The Balaban J connectivity index is 2.01. The van der Waals surface area contributed by atoms with Gasteiger partial charge in [-0.25, -0.2) is 9.97 Å². The van der Waals surface area contributed by atoms with Crippen molar-refractivity contribution in [3.8, 4) is 0 Å². The molecular formula is C19H19N5O2. The maximum atomic E-state index is 11.7. The lowest BCUT2D eigenvalue weighted by atomic mass is 10.1. The Labute approximate surface area is 151 Å². The summed E-state index contributed by atoms with van der Waals surface area (Å²) >= 11 is 0. The van der Waals surface area contributed by atoms with Crippen molar-refractivity contribution in [2.24, 2.45) is 0 Å². The van der Waals surface area contributed by atoms with Gasteiger partial charge in [-0.15, -0.1) is 0 Å². The molecule has 0 aliphatic heterocycles. The van der Waals surface area contributed by atoms with Gasteiger partial charge in [-0.1, -0.05) is 24.3 Å². The molecule has 0 atom stereocenters. The first kappa shape index (κ1) is 17.3. The van der Waals surface area contributed by atoms with E-state index in [0.717, 1.165) is 28.1 Å². The van der Waals surface area contributed by atoms with Gasteiger partial charge < -0.3 is 10.6 Å². The maximum Gasteiger partial charge on any atom is 0.353 e. The molecule has 0 fully saturated rings. The van der Waals surface area contributed by atoms with Gasteiger partial charge in [0, 0.05) is 11.4 Å². The fraction of sp³-hybridized carbons (Fsp3) is 0.158. The lowest BCUT2D eigenvalue weighted by Gasteiger charge is -2.13. The summed E-state index contributed by atoms with van der Waals surface area (Å²) in [5.74, 6) is 0.289. The van der Waals surface area contributed by atoms with Crippen molar-refractivity contribution in [2.45, 2.75) is 20.8 Å². The number of benzene rings is 2. The van der Waals surface area contributed by atoms with Gasteiger partial charge in [0.15, 0.2) is 0 Å². The minimum absolute atomic E-state index is 0.142. The van der Waals surface area contributed by atoms with Crippen LogP contribution in [0.25, 0.3) is 0 Å². The molecule has 0 amide bonds. The van der Waals surface area contributed by atoms with Gasteiger partial charge in [-0.3, -0.25) is 10.1 Å². The van der Waals surface area contributed by atoms with Crippen molar-refractivity contribution in [1.29, 1.82) is 0 Å². The number of hydrogen-bond donors (Lipinski definition) is 2. The third kappa shape index (κ3) is 3.61. The summed E-state index contributed by atoms with van der Waals surface area (Å²) < 4.78 is 0. The monoisotopic (exact) mass is 349 g/mol. The van der Waals surface area contributed by atoms with Crippen LogP contribution in [-0.4, -0.2) is 14.9 Å². The Morgan fingerprint density at radius 3 is 2.35 bits per heavy atom. The molecule has 7 nitrogen and oxygen atoms in total. The third-order valence-corrected chi connectivity index (χ3v) is 4.14. The number of aryl methyl sites for hydroxylation is 2. The Morgan fingerprint density at radius 2 is 1.65 bits per heavy atom. The average Bonchev–Trinajstić information content (AvgIpc) is 2.59. The third-order valence-electron chi connectivity index (χ3n) is 4.14. The highest BCUT2D eigenvalue weighted by molar-refractivity contribution is 5.77. The van der Waals surface area contributed by atoms with Crippen molar-refractivity contribution < 1.29 is 4.92 Å². The zero-order valence-electron chi connectivity index (χ0n) is 14.8. The quantitative estimate of drug-likeness (QED) is 0.508. The number of anilines is 4. The smallest absolute Gasteiger partial charge is 0.334 e. The van der Waals surface area contributed by atoms with Gasteiger partial charge in [0.05, 0.1) is 4.92 Å². The first-order chi connectivity index (χ1) is 12.5. The molecule has 1 aromatic heterocycles. The Hall–Kier alpha value is -3.48. The fourth-order valence-corrected chi connectivity index (χ4v) is 2.61. The normalized spacial score (nSPS) is 10.4. The summed E-state index contributed by atoms with van der Waals surface area (Å²) in [4.78, 5) is 19.4. The van der Waals surface area contributed by atoms with Crippen molar-refractivity contribution in [2.75, 3.05) is 10.6 Å². The van der Waals surface area contributed by atoms with Gasteiger partial charge in [0.1, 0.15) is 6.33 Å². The molecule has 1 heterocycles. The van der Waals surface area contributed by atoms with E-state index in [2.05, 4.69) is 20.6 Å². The highest BCUT2D eigenvalue weighted by atomic mass is 16.6. The lowest BCUT2D eigenvalue weighted by Crippen LogP contribution is -2.06. The highest BCUT2D eigenvalue weighted by Crippen LogP contribution is 2.34. The number of nitro groups is 1. The predicted molar refractivity (Wildman–Crippen MR) is 102 cm³/mol. The van der Waals surface area contributed by atoms with Gasteiger partial charge in [-0.05, 0) is 55.7 Å². The van der Waals surface area contributed by atoms with Crippen molar-refractivity contribution in [3.05, 3.63) is 75.6 Å². The second kappa shape index (κ2) is 7.18. The minimum atomic E-state index is -0.481. The maximum absolute atomic E-state index is 11.7. The summed E-state index contributed by atoms with van der Waals surface area (Å²) in [6, 6.07) is 13.3. The number of nitrogens with one attached hydrogen (secondary N) is 2. The Kier molecular flexibility index (Phi) is 4.79. The molecule has 0 bridgehead atoms. The Bertz CT molecular complexity index is 972. The highest BCUT2D eigenvalue weighted by Gasteiger charge is 2.23. The summed E-state index contributed by atoms with van der Waals surface area (Å²) in [6.07, 6.45) is 1.30. The van der Waals surface area contributed by atoms with Gasteiger partial charge in [0.2, 0.25) is 11.6 Å². The predicted octanol–water partition coefficient (Wildman–Crippen LogP) is 4.80. The van der Waals surface area contributed by atoms with Gasteiger partial charge in [0.25, 0.3) is 0 Å². The first-order valence-corrected chi connectivity index (χ1v) is 8.12. The van der Waals surface area contributed by atoms with E-state index in [4.69, 9.17) is 0 Å². The molecule has 0 saturated heterocycles. The summed E-state index contributed by atoms with van der Waals surface area (Å²) in [5, 5.41) is 17.8. The molecule has 2 N–H and O–H groups in total. The molecule has 2 aromatic carbocycles. The van der Waals surface area contributed by atoms with Crippen LogP contribution in [0.5, 0.6) is 0 Å². The minimum Gasteiger partial charge on any atom is -0.334 e. The van der Waals surface area contributed by atoms with E-state index in [0.29, 0.717) is 0 Å². The van der Waals surface area contributed by atoms with E-state index in [9.17, 15) is 10.1 Å². The van der Waals surface area contributed by atoms with Crippen molar-refractivity contribution in [3.63, 3.8) is 0 Å². The standard InChI is InChI=1S/C19H19N5O2/c1-12-6-4-8-15(10-12)22-18-17(24(25)26)19(21-11-20-18)23-16-9-5-7-13(2)14(16)3/h4-11H,1-3H3,(H2,20,21,22,23). The lowest BCUT2D eigenvalue weighted by molar-refractivity contribution is -0.383. The number of aromatic nitrogens is 2. The second-order valence-electron chi connectivity index (χ2n) is 6.04. The van der Waals surface area contributed by atoms with E-state index < -0.39 is 4.92 Å². The molecule has 0 saturated carbocycles. The number of rotatable bonds is 5. The molecule has 3 rings (SSSR count). The number of nitrogens with zero attached hydrogens (tertiary/aromatic N) is 3. The number of hydrogen-bond acceptors (Lipinski definition) is 6. The van der Waals surface area contributed by atoms with Crippen LogP contribution in [0.2, 0.25) is 0 Å². The molecular weight excluding hydrogens is 330 g/mol. The van der Waals surface area contributed by atoms with Crippen LogP contribution in [0.4, 0.5) is 28.7 Å². The molecule has 0 spiro atoms.